The van der Waals surface area contributed by atoms with Gasteiger partial charge in [0.25, 0.3) is 0 Å². The van der Waals surface area contributed by atoms with Crippen LogP contribution in [0.1, 0.15) is 42.5 Å². The van der Waals surface area contributed by atoms with Gasteiger partial charge < -0.3 is 5.32 Å². The maximum Gasteiger partial charge on any atom is 0.211 e. The van der Waals surface area contributed by atoms with Gasteiger partial charge in [-0.2, -0.15) is 0 Å². The average molecular weight is 317 g/mol. The van der Waals surface area contributed by atoms with Crippen LogP contribution in [0.15, 0.2) is 6.20 Å². The van der Waals surface area contributed by atoms with E-state index < -0.39 is 10.0 Å². The Kier molecular flexibility index (Phi) is 5.95. The molecule has 5 nitrogen and oxygen atoms in total. The quantitative estimate of drug-likeness (QED) is 0.644. The number of sulfonamides is 1. The summed E-state index contributed by atoms with van der Waals surface area (Å²) in [6.45, 7) is 3.30. The molecule has 1 aliphatic rings. The maximum absolute atomic E-state index is 11.8. The monoisotopic (exact) mass is 317 g/mol. The van der Waals surface area contributed by atoms with Crippen molar-refractivity contribution in [2.45, 2.75) is 51.6 Å². The van der Waals surface area contributed by atoms with E-state index in [-0.39, 0.29) is 5.75 Å². The molecule has 0 spiro atoms. The van der Waals surface area contributed by atoms with Gasteiger partial charge in [0.15, 0.2) is 0 Å². The highest BCUT2D eigenvalue weighted by Crippen LogP contribution is 2.18. The summed E-state index contributed by atoms with van der Waals surface area (Å²) in [6.07, 6.45) is 6.92. The summed E-state index contributed by atoms with van der Waals surface area (Å²) in [6, 6.07) is 0.697. The third-order valence-corrected chi connectivity index (χ3v) is 5.80. The van der Waals surface area contributed by atoms with Crippen LogP contribution in [0, 0.1) is 0 Å². The number of thiazole rings is 1. The molecule has 0 unspecified atom stereocenters. The van der Waals surface area contributed by atoms with Crippen LogP contribution in [0.4, 0.5) is 0 Å². The van der Waals surface area contributed by atoms with Gasteiger partial charge in [0.1, 0.15) is 5.01 Å². The van der Waals surface area contributed by atoms with Crippen molar-refractivity contribution in [3.05, 3.63) is 16.1 Å². The fourth-order valence-corrected chi connectivity index (χ4v) is 3.83. The normalized spacial score (nSPS) is 15.7. The first-order valence-electron chi connectivity index (χ1n) is 7.23. The lowest BCUT2D eigenvalue weighted by atomic mass is 10.3. The molecule has 0 bridgehead atoms. The van der Waals surface area contributed by atoms with Gasteiger partial charge >= 0.3 is 0 Å². The number of hydrogen-bond donors (Lipinski definition) is 2. The largest absolute Gasteiger partial charge is 0.314 e. The number of aryl methyl sites for hydroxylation is 1. The molecule has 0 saturated heterocycles. The molecule has 1 aromatic rings. The summed E-state index contributed by atoms with van der Waals surface area (Å²) < 4.78 is 26.3. The van der Waals surface area contributed by atoms with E-state index in [1.54, 1.807) is 11.3 Å². The lowest BCUT2D eigenvalue weighted by Crippen LogP contribution is -2.26. The Balaban J connectivity index is 1.62. The van der Waals surface area contributed by atoms with E-state index in [2.05, 4.69) is 21.9 Å². The Labute approximate surface area is 125 Å². The van der Waals surface area contributed by atoms with Crippen LogP contribution in [0.3, 0.4) is 0 Å². The summed E-state index contributed by atoms with van der Waals surface area (Å²) in [5.41, 5.74) is 0. The van der Waals surface area contributed by atoms with E-state index in [1.165, 1.54) is 17.7 Å². The Morgan fingerprint density at radius 2 is 2.20 bits per heavy atom. The van der Waals surface area contributed by atoms with Crippen molar-refractivity contribution in [3.63, 3.8) is 0 Å². The first-order valence-corrected chi connectivity index (χ1v) is 9.70. The second kappa shape index (κ2) is 7.49. The molecular formula is C13H23N3O2S2. The molecule has 1 aromatic heterocycles. The van der Waals surface area contributed by atoms with Crippen molar-refractivity contribution in [2.24, 2.45) is 0 Å². The van der Waals surface area contributed by atoms with Crippen molar-refractivity contribution >= 4 is 21.4 Å². The van der Waals surface area contributed by atoms with Crippen molar-refractivity contribution in [1.82, 2.24) is 15.0 Å². The number of aromatic nitrogens is 1. The second-order valence-electron chi connectivity index (χ2n) is 5.15. The zero-order chi connectivity index (χ0) is 14.4. The minimum Gasteiger partial charge on any atom is -0.314 e. The number of hydrogen-bond acceptors (Lipinski definition) is 5. The molecule has 0 aliphatic heterocycles. The molecule has 2 N–H and O–H groups in total. The smallest absolute Gasteiger partial charge is 0.211 e. The van der Waals surface area contributed by atoms with Gasteiger partial charge in [-0.15, -0.1) is 11.3 Å². The zero-order valence-corrected chi connectivity index (χ0v) is 13.5. The van der Waals surface area contributed by atoms with E-state index in [9.17, 15) is 8.42 Å². The first-order chi connectivity index (χ1) is 9.59. The molecule has 0 atom stereocenters. The molecule has 0 amide bonds. The van der Waals surface area contributed by atoms with E-state index in [4.69, 9.17) is 0 Å². The molecule has 1 aliphatic carbocycles. The van der Waals surface area contributed by atoms with Crippen LogP contribution < -0.4 is 10.0 Å². The van der Waals surface area contributed by atoms with E-state index in [1.807, 2.05) is 6.20 Å². The summed E-state index contributed by atoms with van der Waals surface area (Å²) in [7, 11) is -3.17. The molecule has 0 radical (unpaired) electrons. The average Bonchev–Trinajstić information content (AvgIpc) is 3.12. The number of nitrogens with zero attached hydrogens (tertiary/aromatic N) is 1. The van der Waals surface area contributed by atoms with Crippen LogP contribution in [0.25, 0.3) is 0 Å². The number of nitrogens with one attached hydrogen (secondary N) is 2. The van der Waals surface area contributed by atoms with Crippen LogP contribution in [0.2, 0.25) is 0 Å². The van der Waals surface area contributed by atoms with Crippen molar-refractivity contribution in [1.29, 1.82) is 0 Å². The Hall–Kier alpha value is -0.500. The molecule has 1 fully saturated rings. The summed E-state index contributed by atoms with van der Waals surface area (Å²) in [4.78, 5) is 5.39. The molecule has 20 heavy (non-hydrogen) atoms. The van der Waals surface area contributed by atoms with Gasteiger partial charge in [-0.25, -0.2) is 18.1 Å². The third kappa shape index (κ3) is 5.87. The Morgan fingerprint density at radius 3 is 2.85 bits per heavy atom. The van der Waals surface area contributed by atoms with E-state index in [0.717, 1.165) is 24.4 Å². The first kappa shape index (κ1) is 15.9. The number of rotatable bonds is 10. The maximum atomic E-state index is 11.8. The van der Waals surface area contributed by atoms with Crippen molar-refractivity contribution in [2.75, 3.05) is 12.3 Å². The van der Waals surface area contributed by atoms with Crippen molar-refractivity contribution < 1.29 is 8.42 Å². The fraction of sp³-hybridized carbons (Fsp3) is 0.769. The molecular weight excluding hydrogens is 294 g/mol. The molecule has 1 saturated carbocycles. The van der Waals surface area contributed by atoms with Crippen molar-refractivity contribution in [3.8, 4) is 0 Å². The highest BCUT2D eigenvalue weighted by molar-refractivity contribution is 7.89. The fourth-order valence-electron chi connectivity index (χ4n) is 1.85. The molecule has 1 heterocycles. The molecule has 0 aromatic carbocycles. The van der Waals surface area contributed by atoms with Crippen LogP contribution >= 0.6 is 11.3 Å². The van der Waals surface area contributed by atoms with Gasteiger partial charge in [-0.05, 0) is 38.6 Å². The molecule has 2 rings (SSSR count). The highest BCUT2D eigenvalue weighted by atomic mass is 32.2. The lowest BCUT2D eigenvalue weighted by Gasteiger charge is -2.05. The Morgan fingerprint density at radius 1 is 1.40 bits per heavy atom. The zero-order valence-electron chi connectivity index (χ0n) is 11.9. The predicted octanol–water partition coefficient (Wildman–Crippen LogP) is 1.66. The summed E-state index contributed by atoms with van der Waals surface area (Å²) >= 11 is 1.57. The minimum absolute atomic E-state index is 0.200. The Bertz CT molecular complexity index is 509. The molecule has 114 valence electrons. The second-order valence-corrected chi connectivity index (χ2v) is 8.28. The van der Waals surface area contributed by atoms with Crippen LogP contribution in [0.5, 0.6) is 0 Å². The van der Waals surface area contributed by atoms with Gasteiger partial charge in [0, 0.05) is 17.1 Å². The van der Waals surface area contributed by atoms with Gasteiger partial charge in [0.2, 0.25) is 10.0 Å². The van der Waals surface area contributed by atoms with Gasteiger partial charge in [-0.1, -0.05) is 6.92 Å². The third-order valence-electron chi connectivity index (χ3n) is 3.24. The topological polar surface area (TPSA) is 71.1 Å². The van der Waals surface area contributed by atoms with Gasteiger partial charge in [0.05, 0.1) is 12.3 Å². The summed E-state index contributed by atoms with van der Waals surface area (Å²) in [5, 5.41) is 4.22. The standard InChI is InChI=1S/C13H23N3O2S2/c1-2-12-9-15-13(19-12)10-16-20(17,18)8-4-3-7-14-11-5-6-11/h9,11,14,16H,2-8,10H2,1H3. The van der Waals surface area contributed by atoms with Gasteiger partial charge in [-0.3, -0.25) is 0 Å². The minimum atomic E-state index is -3.17. The predicted molar refractivity (Wildman–Crippen MR) is 82.4 cm³/mol. The van der Waals surface area contributed by atoms with E-state index in [0.29, 0.717) is 19.0 Å². The lowest BCUT2D eigenvalue weighted by molar-refractivity contribution is 0.572. The number of unbranched alkanes of at least 4 members (excludes halogenated alkanes) is 1. The van der Waals surface area contributed by atoms with Crippen LogP contribution in [-0.2, 0) is 23.0 Å². The van der Waals surface area contributed by atoms with Crippen LogP contribution in [-0.4, -0.2) is 31.7 Å². The SMILES string of the molecule is CCc1cnc(CNS(=O)(=O)CCCCNC2CC2)s1. The molecule has 7 heteroatoms. The summed E-state index contributed by atoms with van der Waals surface area (Å²) in [5.74, 6) is 0.200. The van der Waals surface area contributed by atoms with E-state index >= 15 is 0 Å². The highest BCUT2D eigenvalue weighted by Gasteiger charge is 2.19.